The van der Waals surface area contributed by atoms with E-state index >= 15 is 0 Å². The van der Waals surface area contributed by atoms with Gasteiger partial charge in [-0.15, -0.1) is 0 Å². The summed E-state index contributed by atoms with van der Waals surface area (Å²) < 4.78 is 1.64. The predicted molar refractivity (Wildman–Crippen MR) is 82.3 cm³/mol. The zero-order chi connectivity index (χ0) is 14.7. The van der Waals surface area contributed by atoms with Gasteiger partial charge in [0.25, 0.3) is 5.91 Å². The molecule has 0 saturated carbocycles. The lowest BCUT2D eigenvalue weighted by Crippen LogP contribution is -2.30. The van der Waals surface area contributed by atoms with Gasteiger partial charge in [-0.25, -0.2) is 0 Å². The van der Waals surface area contributed by atoms with Crippen LogP contribution in [-0.4, -0.2) is 35.3 Å². The standard InChI is InChI=1S/C16H20N4O/c1-19-12-14(10-18-19)16(21)17-9-13-7-8-20(11-13)15-5-3-2-4-6-15/h2-6,10,12-13H,7-9,11H2,1H3,(H,17,21)/t13-/m1/s1. The van der Waals surface area contributed by atoms with Crippen LogP contribution in [0.3, 0.4) is 0 Å². The highest BCUT2D eigenvalue weighted by Crippen LogP contribution is 2.22. The zero-order valence-corrected chi connectivity index (χ0v) is 12.2. The smallest absolute Gasteiger partial charge is 0.254 e. The molecule has 2 heterocycles. The highest BCUT2D eigenvalue weighted by atomic mass is 16.1. The van der Waals surface area contributed by atoms with Gasteiger partial charge in [-0.3, -0.25) is 9.48 Å². The molecule has 0 aliphatic carbocycles. The van der Waals surface area contributed by atoms with E-state index in [4.69, 9.17) is 0 Å². The van der Waals surface area contributed by atoms with E-state index in [9.17, 15) is 4.79 Å². The second-order valence-electron chi connectivity index (χ2n) is 5.55. The minimum absolute atomic E-state index is 0.0405. The van der Waals surface area contributed by atoms with Crippen molar-refractivity contribution in [2.45, 2.75) is 6.42 Å². The van der Waals surface area contributed by atoms with Crippen molar-refractivity contribution in [1.82, 2.24) is 15.1 Å². The van der Waals surface area contributed by atoms with Gasteiger partial charge in [0.05, 0.1) is 11.8 Å². The van der Waals surface area contributed by atoms with Crippen LogP contribution in [0, 0.1) is 5.92 Å². The summed E-state index contributed by atoms with van der Waals surface area (Å²) >= 11 is 0. The SMILES string of the molecule is Cn1cc(C(=O)NC[C@H]2CCN(c3ccccc3)C2)cn1. The van der Waals surface area contributed by atoms with E-state index in [1.807, 2.05) is 13.1 Å². The number of benzene rings is 1. The van der Waals surface area contributed by atoms with Gasteiger partial charge in [0.1, 0.15) is 0 Å². The Morgan fingerprint density at radius 1 is 1.38 bits per heavy atom. The van der Waals surface area contributed by atoms with Crippen LogP contribution >= 0.6 is 0 Å². The molecule has 0 spiro atoms. The summed E-state index contributed by atoms with van der Waals surface area (Å²) in [5.41, 5.74) is 1.88. The molecule has 1 fully saturated rings. The van der Waals surface area contributed by atoms with E-state index in [2.05, 4.69) is 39.6 Å². The second kappa shape index (κ2) is 5.99. The van der Waals surface area contributed by atoms with Crippen LogP contribution in [0.1, 0.15) is 16.8 Å². The summed E-state index contributed by atoms with van der Waals surface area (Å²) in [6, 6.07) is 10.4. The maximum absolute atomic E-state index is 12.0. The zero-order valence-electron chi connectivity index (χ0n) is 12.2. The van der Waals surface area contributed by atoms with Crippen molar-refractivity contribution in [3.63, 3.8) is 0 Å². The first-order chi connectivity index (χ1) is 10.2. The fourth-order valence-electron chi connectivity index (χ4n) is 2.75. The number of para-hydroxylation sites is 1. The van der Waals surface area contributed by atoms with Crippen molar-refractivity contribution in [3.05, 3.63) is 48.3 Å². The number of hydrogen-bond acceptors (Lipinski definition) is 3. The van der Waals surface area contributed by atoms with Crippen LogP contribution in [0.4, 0.5) is 5.69 Å². The molecule has 1 saturated heterocycles. The number of carbonyl (C=O) groups is 1. The Kier molecular flexibility index (Phi) is 3.90. The van der Waals surface area contributed by atoms with E-state index in [0.717, 1.165) is 26.1 Å². The predicted octanol–water partition coefficient (Wildman–Crippen LogP) is 1.68. The van der Waals surface area contributed by atoms with Gasteiger partial charge in [-0.1, -0.05) is 18.2 Å². The molecule has 1 aromatic heterocycles. The Labute approximate surface area is 124 Å². The Bertz CT molecular complexity index is 608. The van der Waals surface area contributed by atoms with Crippen LogP contribution in [0.25, 0.3) is 0 Å². The van der Waals surface area contributed by atoms with Gasteiger partial charge >= 0.3 is 0 Å². The molecule has 3 rings (SSSR count). The van der Waals surface area contributed by atoms with Crippen molar-refractivity contribution in [2.75, 3.05) is 24.5 Å². The Hall–Kier alpha value is -2.30. The maximum atomic E-state index is 12.0. The van der Waals surface area contributed by atoms with E-state index in [0.29, 0.717) is 11.5 Å². The molecule has 2 aromatic rings. The van der Waals surface area contributed by atoms with Crippen molar-refractivity contribution in [3.8, 4) is 0 Å². The molecule has 1 aromatic carbocycles. The average Bonchev–Trinajstić information content (AvgIpc) is 3.15. The third-order valence-corrected chi connectivity index (χ3v) is 3.93. The quantitative estimate of drug-likeness (QED) is 0.929. The molecule has 0 radical (unpaired) electrons. The van der Waals surface area contributed by atoms with Crippen molar-refractivity contribution in [2.24, 2.45) is 13.0 Å². The van der Waals surface area contributed by atoms with Crippen LogP contribution < -0.4 is 10.2 Å². The molecule has 0 unspecified atom stereocenters. The minimum atomic E-state index is -0.0405. The lowest BCUT2D eigenvalue weighted by Gasteiger charge is -2.18. The van der Waals surface area contributed by atoms with Gasteiger partial charge < -0.3 is 10.2 Å². The summed E-state index contributed by atoms with van der Waals surface area (Å²) in [5, 5.41) is 7.02. The fraction of sp³-hybridized carbons (Fsp3) is 0.375. The first kappa shape index (κ1) is 13.7. The van der Waals surface area contributed by atoms with Crippen LogP contribution in [0.15, 0.2) is 42.7 Å². The summed E-state index contributed by atoms with van der Waals surface area (Å²) in [6.07, 6.45) is 4.45. The lowest BCUT2D eigenvalue weighted by molar-refractivity contribution is 0.0948. The molecule has 1 amide bonds. The molecule has 0 bridgehead atoms. The van der Waals surface area contributed by atoms with Crippen LogP contribution in [-0.2, 0) is 7.05 Å². The molecule has 1 aliphatic rings. The largest absolute Gasteiger partial charge is 0.371 e. The summed E-state index contributed by atoms with van der Waals surface area (Å²) in [5.74, 6) is 0.465. The van der Waals surface area contributed by atoms with E-state index in [-0.39, 0.29) is 5.91 Å². The first-order valence-corrected chi connectivity index (χ1v) is 7.29. The monoisotopic (exact) mass is 284 g/mol. The molecule has 1 N–H and O–H groups in total. The first-order valence-electron chi connectivity index (χ1n) is 7.29. The molecule has 21 heavy (non-hydrogen) atoms. The second-order valence-corrected chi connectivity index (χ2v) is 5.55. The Balaban J connectivity index is 1.50. The number of aryl methyl sites for hydroxylation is 1. The average molecular weight is 284 g/mol. The van der Waals surface area contributed by atoms with Crippen molar-refractivity contribution in [1.29, 1.82) is 0 Å². The lowest BCUT2D eigenvalue weighted by atomic mass is 10.1. The third kappa shape index (κ3) is 3.24. The van der Waals surface area contributed by atoms with Crippen molar-refractivity contribution < 1.29 is 4.79 Å². The Morgan fingerprint density at radius 3 is 2.90 bits per heavy atom. The molecular weight excluding hydrogens is 264 g/mol. The molecular formula is C16H20N4O. The van der Waals surface area contributed by atoms with Crippen molar-refractivity contribution >= 4 is 11.6 Å². The van der Waals surface area contributed by atoms with Crippen LogP contribution in [0.5, 0.6) is 0 Å². The maximum Gasteiger partial charge on any atom is 0.254 e. The van der Waals surface area contributed by atoms with Gasteiger partial charge in [0, 0.05) is 38.6 Å². The molecule has 5 heteroatoms. The van der Waals surface area contributed by atoms with Gasteiger partial charge in [-0.05, 0) is 24.5 Å². The van der Waals surface area contributed by atoms with Gasteiger partial charge in [0.2, 0.25) is 0 Å². The highest BCUT2D eigenvalue weighted by molar-refractivity contribution is 5.93. The minimum Gasteiger partial charge on any atom is -0.371 e. The van der Waals surface area contributed by atoms with Gasteiger partial charge in [0.15, 0.2) is 0 Å². The number of nitrogens with zero attached hydrogens (tertiary/aromatic N) is 3. The third-order valence-electron chi connectivity index (χ3n) is 3.93. The van der Waals surface area contributed by atoms with E-state index in [1.165, 1.54) is 5.69 Å². The van der Waals surface area contributed by atoms with E-state index < -0.39 is 0 Å². The highest BCUT2D eigenvalue weighted by Gasteiger charge is 2.23. The summed E-state index contributed by atoms with van der Waals surface area (Å²) in [7, 11) is 1.81. The number of amides is 1. The van der Waals surface area contributed by atoms with Crippen LogP contribution in [0.2, 0.25) is 0 Å². The fourth-order valence-corrected chi connectivity index (χ4v) is 2.75. The molecule has 110 valence electrons. The van der Waals surface area contributed by atoms with E-state index in [1.54, 1.807) is 17.1 Å². The number of hydrogen-bond donors (Lipinski definition) is 1. The van der Waals surface area contributed by atoms with Gasteiger partial charge in [-0.2, -0.15) is 5.10 Å². The molecule has 1 aliphatic heterocycles. The normalized spacial score (nSPS) is 18.0. The molecule has 5 nitrogen and oxygen atoms in total. The number of anilines is 1. The summed E-state index contributed by atoms with van der Waals surface area (Å²) in [6.45, 7) is 2.77. The summed E-state index contributed by atoms with van der Waals surface area (Å²) in [4.78, 5) is 14.4. The number of rotatable bonds is 4. The Morgan fingerprint density at radius 2 is 2.19 bits per heavy atom. The number of aromatic nitrogens is 2. The topological polar surface area (TPSA) is 50.2 Å². The number of nitrogens with one attached hydrogen (secondary N) is 1. The molecule has 1 atom stereocenters. The number of carbonyl (C=O) groups excluding carboxylic acids is 1.